The van der Waals surface area contributed by atoms with Gasteiger partial charge in [0.2, 0.25) is 0 Å². The number of carbonyl (C=O) groups is 2. The molecule has 6 nitrogen and oxygen atoms in total. The van der Waals surface area contributed by atoms with E-state index in [0.717, 1.165) is 17.0 Å². The number of carbonyl (C=O) groups excluding carboxylic acids is 2. The Kier molecular flexibility index (Phi) is 4.66. The molecular formula is C16H19FN4O2S. The highest BCUT2D eigenvalue weighted by Crippen LogP contribution is 2.19. The van der Waals surface area contributed by atoms with Gasteiger partial charge < -0.3 is 10.2 Å². The maximum Gasteiger partial charge on any atom is 0.272 e. The number of H-pyrrole nitrogens is 1. The molecule has 24 heavy (non-hydrogen) atoms. The fourth-order valence-corrected chi connectivity index (χ4v) is 3.34. The van der Waals surface area contributed by atoms with Gasteiger partial charge in [-0.2, -0.15) is 5.10 Å². The zero-order valence-electron chi connectivity index (χ0n) is 13.5. The van der Waals surface area contributed by atoms with E-state index in [-0.39, 0.29) is 29.3 Å². The summed E-state index contributed by atoms with van der Waals surface area (Å²) in [6.45, 7) is 4.90. The van der Waals surface area contributed by atoms with Crippen molar-refractivity contribution in [2.24, 2.45) is 0 Å². The van der Waals surface area contributed by atoms with Crippen LogP contribution in [0.2, 0.25) is 0 Å². The minimum Gasteiger partial charge on any atom is -0.346 e. The molecule has 1 unspecified atom stereocenters. The molecule has 1 saturated heterocycles. The zero-order valence-corrected chi connectivity index (χ0v) is 14.3. The van der Waals surface area contributed by atoms with Crippen molar-refractivity contribution in [1.82, 2.24) is 20.4 Å². The van der Waals surface area contributed by atoms with Crippen LogP contribution in [0.1, 0.15) is 52.7 Å². The lowest BCUT2D eigenvalue weighted by Gasteiger charge is -2.16. The number of likely N-dealkylation sites (tertiary alicyclic amines) is 1. The topological polar surface area (TPSA) is 78.1 Å². The monoisotopic (exact) mass is 350 g/mol. The third kappa shape index (κ3) is 3.33. The maximum absolute atomic E-state index is 13.5. The first-order chi connectivity index (χ1) is 11.5. The molecule has 0 radical (unpaired) electrons. The molecule has 0 aromatic carbocycles. The van der Waals surface area contributed by atoms with Crippen molar-refractivity contribution in [2.75, 3.05) is 13.1 Å². The first-order valence-electron chi connectivity index (χ1n) is 7.83. The Morgan fingerprint density at radius 2 is 2.25 bits per heavy atom. The van der Waals surface area contributed by atoms with Gasteiger partial charge in [-0.25, -0.2) is 4.39 Å². The minimum atomic E-state index is -0.491. The highest BCUT2D eigenvalue weighted by Gasteiger charge is 2.30. The number of aromatic amines is 1. The van der Waals surface area contributed by atoms with Gasteiger partial charge in [-0.15, -0.1) is 11.3 Å². The van der Waals surface area contributed by atoms with Gasteiger partial charge in [0.05, 0.1) is 5.56 Å². The molecule has 3 heterocycles. The van der Waals surface area contributed by atoms with Crippen LogP contribution in [-0.4, -0.2) is 46.0 Å². The number of rotatable bonds is 4. The summed E-state index contributed by atoms with van der Waals surface area (Å²) >= 11 is 1.16. The lowest BCUT2D eigenvalue weighted by atomic mass is 10.1. The predicted molar refractivity (Wildman–Crippen MR) is 88.7 cm³/mol. The highest BCUT2D eigenvalue weighted by atomic mass is 32.1. The lowest BCUT2D eigenvalue weighted by Crippen LogP contribution is -2.38. The summed E-state index contributed by atoms with van der Waals surface area (Å²) < 4.78 is 13.5. The van der Waals surface area contributed by atoms with Crippen LogP contribution in [0.3, 0.4) is 0 Å². The van der Waals surface area contributed by atoms with Gasteiger partial charge in [0.25, 0.3) is 11.8 Å². The SMILES string of the molecule is CC(C)c1cc(C(=O)NC2CCN(C(=O)c3cscc3F)C2)n[nH]1. The summed E-state index contributed by atoms with van der Waals surface area (Å²) in [5.74, 6) is -0.819. The van der Waals surface area contributed by atoms with Gasteiger partial charge in [-0.1, -0.05) is 13.8 Å². The Bertz CT molecular complexity index is 755. The molecule has 1 atom stereocenters. The first-order valence-corrected chi connectivity index (χ1v) is 8.77. The van der Waals surface area contributed by atoms with E-state index in [1.54, 1.807) is 11.0 Å². The molecule has 0 aliphatic carbocycles. The van der Waals surface area contributed by atoms with Crippen LogP contribution in [0.5, 0.6) is 0 Å². The van der Waals surface area contributed by atoms with Gasteiger partial charge in [0.1, 0.15) is 11.5 Å². The fraction of sp³-hybridized carbons (Fsp3) is 0.438. The molecule has 128 valence electrons. The van der Waals surface area contributed by atoms with Crippen molar-refractivity contribution in [1.29, 1.82) is 0 Å². The van der Waals surface area contributed by atoms with Crippen LogP contribution in [0.25, 0.3) is 0 Å². The van der Waals surface area contributed by atoms with Crippen molar-refractivity contribution >= 4 is 23.2 Å². The van der Waals surface area contributed by atoms with E-state index < -0.39 is 5.82 Å². The molecule has 2 N–H and O–H groups in total. The third-order valence-corrected chi connectivity index (χ3v) is 4.82. The number of amides is 2. The smallest absolute Gasteiger partial charge is 0.272 e. The fourth-order valence-electron chi connectivity index (χ4n) is 2.68. The van der Waals surface area contributed by atoms with E-state index in [2.05, 4.69) is 15.5 Å². The van der Waals surface area contributed by atoms with Gasteiger partial charge in [-0.3, -0.25) is 14.7 Å². The molecule has 2 aromatic rings. The van der Waals surface area contributed by atoms with Crippen LogP contribution < -0.4 is 5.32 Å². The largest absolute Gasteiger partial charge is 0.346 e. The van der Waals surface area contributed by atoms with Crippen LogP contribution in [0.4, 0.5) is 4.39 Å². The molecule has 2 amide bonds. The molecule has 2 aromatic heterocycles. The van der Waals surface area contributed by atoms with Crippen molar-refractivity contribution in [3.05, 3.63) is 39.6 Å². The molecule has 0 spiro atoms. The second-order valence-corrected chi connectivity index (χ2v) is 6.95. The predicted octanol–water partition coefficient (Wildman–Crippen LogP) is 2.38. The molecular weight excluding hydrogens is 331 g/mol. The third-order valence-electron chi connectivity index (χ3n) is 4.11. The molecule has 1 aliphatic rings. The van der Waals surface area contributed by atoms with Crippen molar-refractivity contribution in [3.8, 4) is 0 Å². The maximum atomic E-state index is 13.5. The van der Waals surface area contributed by atoms with Crippen LogP contribution in [0, 0.1) is 5.82 Å². The Hall–Kier alpha value is -2.22. The second-order valence-electron chi connectivity index (χ2n) is 6.21. The molecule has 0 bridgehead atoms. The number of thiophene rings is 1. The molecule has 8 heteroatoms. The van der Waals surface area contributed by atoms with Crippen molar-refractivity contribution < 1.29 is 14.0 Å². The van der Waals surface area contributed by atoms with Gasteiger partial charge in [0, 0.05) is 35.6 Å². The Labute approximate surface area is 143 Å². The van der Waals surface area contributed by atoms with Gasteiger partial charge in [0.15, 0.2) is 0 Å². The summed E-state index contributed by atoms with van der Waals surface area (Å²) in [6, 6.07) is 1.58. The normalized spacial score (nSPS) is 17.5. The van der Waals surface area contributed by atoms with Crippen LogP contribution >= 0.6 is 11.3 Å². The van der Waals surface area contributed by atoms with E-state index in [1.807, 2.05) is 13.8 Å². The molecule has 1 fully saturated rings. The number of aromatic nitrogens is 2. The summed E-state index contributed by atoms with van der Waals surface area (Å²) in [6.07, 6.45) is 0.644. The number of hydrogen-bond acceptors (Lipinski definition) is 4. The van der Waals surface area contributed by atoms with Crippen molar-refractivity contribution in [3.63, 3.8) is 0 Å². The Morgan fingerprint density at radius 3 is 2.88 bits per heavy atom. The quantitative estimate of drug-likeness (QED) is 0.889. The Morgan fingerprint density at radius 1 is 1.46 bits per heavy atom. The summed E-state index contributed by atoms with van der Waals surface area (Å²) in [5, 5.41) is 12.6. The lowest BCUT2D eigenvalue weighted by molar-refractivity contribution is 0.0779. The highest BCUT2D eigenvalue weighted by molar-refractivity contribution is 7.08. The molecule has 0 saturated carbocycles. The van der Waals surface area contributed by atoms with E-state index in [4.69, 9.17) is 0 Å². The zero-order chi connectivity index (χ0) is 17.3. The molecule has 3 rings (SSSR count). The van der Waals surface area contributed by atoms with Gasteiger partial charge >= 0.3 is 0 Å². The molecule has 1 aliphatic heterocycles. The summed E-state index contributed by atoms with van der Waals surface area (Å²) in [5.41, 5.74) is 1.34. The van der Waals surface area contributed by atoms with Crippen LogP contribution in [-0.2, 0) is 0 Å². The van der Waals surface area contributed by atoms with Crippen molar-refractivity contribution in [2.45, 2.75) is 32.2 Å². The summed E-state index contributed by atoms with van der Waals surface area (Å²) in [7, 11) is 0. The Balaban J connectivity index is 1.58. The average Bonchev–Trinajstić information content (AvgIpc) is 3.26. The minimum absolute atomic E-state index is 0.0980. The average molecular weight is 350 g/mol. The number of nitrogens with one attached hydrogen (secondary N) is 2. The van der Waals surface area contributed by atoms with Gasteiger partial charge in [-0.05, 0) is 18.4 Å². The van der Waals surface area contributed by atoms with E-state index in [0.29, 0.717) is 25.2 Å². The van der Waals surface area contributed by atoms with E-state index >= 15 is 0 Å². The van der Waals surface area contributed by atoms with Crippen LogP contribution in [0.15, 0.2) is 16.8 Å². The number of nitrogens with zero attached hydrogens (tertiary/aromatic N) is 2. The van der Waals surface area contributed by atoms with E-state index in [9.17, 15) is 14.0 Å². The second kappa shape index (κ2) is 6.72. The summed E-state index contributed by atoms with van der Waals surface area (Å²) in [4.78, 5) is 26.1. The number of halogens is 1. The van der Waals surface area contributed by atoms with E-state index in [1.165, 1.54) is 10.8 Å². The number of hydrogen-bond donors (Lipinski definition) is 2. The first kappa shape index (κ1) is 16.6. The standard InChI is InChI=1S/C16H19FN4O2S/c1-9(2)13-5-14(20-19-13)15(22)18-10-3-4-21(6-10)16(23)11-7-24-8-12(11)17/h5,7-10H,3-4,6H2,1-2H3,(H,18,22)(H,19,20).